The molecule has 0 spiro atoms. The van der Waals surface area contributed by atoms with Crippen LogP contribution in [-0.2, 0) is 23.7 Å². The lowest BCUT2D eigenvalue weighted by Crippen LogP contribution is -2.38. The summed E-state index contributed by atoms with van der Waals surface area (Å²) in [6, 6.07) is 0. The Kier molecular flexibility index (Phi) is 37.7. The summed E-state index contributed by atoms with van der Waals surface area (Å²) in [4.78, 5) is 27.3. The topological polar surface area (TPSA) is 95.6 Å². The lowest BCUT2D eigenvalue weighted by Gasteiger charge is -2.29. The number of unbranched alkanes of at least 4 members (excludes halogenated alkanes) is 30. The molecule has 1 N–H and O–H groups in total. The molecule has 0 aromatic carbocycles. The molecule has 1 heterocycles. The van der Waals surface area contributed by atoms with Crippen molar-refractivity contribution >= 4 is 12.2 Å². The van der Waals surface area contributed by atoms with Crippen molar-refractivity contribution in [1.82, 2.24) is 10.2 Å². The molecule has 1 aliphatic heterocycles. The molecule has 0 radical (unpaired) electrons. The number of amides is 2. The van der Waals surface area contributed by atoms with E-state index in [9.17, 15) is 9.59 Å². The minimum absolute atomic E-state index is 0.218. The van der Waals surface area contributed by atoms with Crippen molar-refractivity contribution in [3.05, 3.63) is 0 Å². The average Bonchev–Trinajstić information content (AvgIpc) is 3.65. The number of hydrogen-bond donors (Lipinski definition) is 1. The van der Waals surface area contributed by atoms with Crippen molar-refractivity contribution in [1.29, 1.82) is 0 Å². The number of likely N-dealkylation sites (tertiary alicyclic amines) is 1. The van der Waals surface area contributed by atoms with Crippen LogP contribution < -0.4 is 5.32 Å². The number of nitrogens with zero attached hydrogens (tertiary/aromatic N) is 1. The van der Waals surface area contributed by atoms with Crippen LogP contribution in [-0.4, -0.2) is 87.1 Å². The van der Waals surface area contributed by atoms with E-state index in [0.29, 0.717) is 45.9 Å². The fraction of sp³-hybridized carbons (Fsp3) is 0.962. The fourth-order valence-corrected chi connectivity index (χ4v) is 8.38. The monoisotopic (exact) mass is 881 g/mol. The van der Waals surface area contributed by atoms with Gasteiger partial charge in [0.15, 0.2) is 0 Å². The maximum absolute atomic E-state index is 13.1. The number of nitrogens with one attached hydrogen (secondary N) is 1. The molecule has 2 unspecified atom stereocenters. The number of ether oxygens (including phenoxy) is 5. The van der Waals surface area contributed by atoms with Gasteiger partial charge in [0.25, 0.3) is 0 Å². The standard InChI is InChI=1S/C53H104N2O7/c1-8-10-12-14-16-18-20-22-24-26-28-30-32-34-36-38-43-59-48-46-55(51(57)62-50(56)54-42-40-53(5,6)61-45-41-52(3,4)58-7)47-49(48)60-44-39-37-35-33-31-29-27-25-23-21-19-17-15-13-11-9-2/h48-49H,8-47H2,1-7H3,(H,54,56). The Morgan fingerprint density at radius 2 is 0.823 bits per heavy atom. The van der Waals surface area contributed by atoms with Crippen LogP contribution in [0.1, 0.15) is 260 Å². The van der Waals surface area contributed by atoms with Gasteiger partial charge in [0.1, 0.15) is 12.2 Å². The molecule has 368 valence electrons. The van der Waals surface area contributed by atoms with Gasteiger partial charge in [0.05, 0.1) is 30.9 Å². The average molecular weight is 881 g/mol. The summed E-state index contributed by atoms with van der Waals surface area (Å²) in [5.74, 6) is 0. The van der Waals surface area contributed by atoms with Gasteiger partial charge in [-0.15, -0.1) is 0 Å². The van der Waals surface area contributed by atoms with Crippen LogP contribution in [0.4, 0.5) is 9.59 Å². The normalized spacial score (nSPS) is 15.8. The molecule has 0 aliphatic carbocycles. The van der Waals surface area contributed by atoms with E-state index in [2.05, 4.69) is 19.2 Å². The summed E-state index contributed by atoms with van der Waals surface area (Å²) in [5, 5.41) is 2.73. The third-order valence-corrected chi connectivity index (χ3v) is 13.1. The molecule has 0 aromatic rings. The second-order valence-corrected chi connectivity index (χ2v) is 20.0. The molecule has 9 heteroatoms. The van der Waals surface area contributed by atoms with Gasteiger partial charge < -0.3 is 33.9 Å². The van der Waals surface area contributed by atoms with Crippen LogP contribution >= 0.6 is 0 Å². The molecule has 1 fully saturated rings. The maximum Gasteiger partial charge on any atom is 0.418 e. The van der Waals surface area contributed by atoms with Crippen molar-refractivity contribution in [3.8, 4) is 0 Å². The molecule has 1 aliphatic rings. The van der Waals surface area contributed by atoms with Crippen molar-refractivity contribution in [2.45, 2.75) is 283 Å². The second kappa shape index (κ2) is 39.9. The number of alkyl carbamates (subject to hydrolysis) is 1. The quantitative estimate of drug-likeness (QED) is 0.0481. The highest BCUT2D eigenvalue weighted by Gasteiger charge is 2.38. The lowest BCUT2D eigenvalue weighted by molar-refractivity contribution is -0.0605. The molecule has 0 aromatic heterocycles. The first-order valence-corrected chi connectivity index (χ1v) is 26.7. The zero-order valence-electron chi connectivity index (χ0n) is 42.2. The number of carbonyl (C=O) groups is 2. The summed E-state index contributed by atoms with van der Waals surface area (Å²) in [6.45, 7) is 15.6. The Hall–Kier alpha value is -1.42. The van der Waals surface area contributed by atoms with Crippen LogP contribution in [0.15, 0.2) is 0 Å². The smallest absolute Gasteiger partial charge is 0.379 e. The van der Waals surface area contributed by atoms with Gasteiger partial charge in [-0.3, -0.25) is 0 Å². The largest absolute Gasteiger partial charge is 0.418 e. The summed E-state index contributed by atoms with van der Waals surface area (Å²) >= 11 is 0. The summed E-state index contributed by atoms with van der Waals surface area (Å²) in [7, 11) is 1.70. The minimum atomic E-state index is -0.741. The number of carbonyl (C=O) groups excluding carboxylic acids is 2. The molecular formula is C53H104N2O7. The van der Waals surface area contributed by atoms with Gasteiger partial charge in [-0.1, -0.05) is 206 Å². The molecule has 1 saturated heterocycles. The lowest BCUT2D eigenvalue weighted by atomic mass is 10.0. The fourth-order valence-electron chi connectivity index (χ4n) is 8.38. The van der Waals surface area contributed by atoms with E-state index < -0.39 is 17.8 Å². The van der Waals surface area contributed by atoms with Gasteiger partial charge in [-0.2, -0.15) is 0 Å². The summed E-state index contributed by atoms with van der Waals surface area (Å²) < 4.78 is 29.5. The molecule has 62 heavy (non-hydrogen) atoms. The SMILES string of the molecule is CCCCCCCCCCCCCCCCCCOC1CN(C(=O)OC(=O)NCCC(C)(C)OCCC(C)(C)OC)CC1OCCCCCCCCCCCCCCCCCC. The summed E-state index contributed by atoms with van der Waals surface area (Å²) in [6.07, 6.45) is 42.3. The van der Waals surface area contributed by atoms with E-state index in [0.717, 1.165) is 32.1 Å². The Labute approximate surface area is 384 Å². The van der Waals surface area contributed by atoms with Crippen LogP contribution in [0.2, 0.25) is 0 Å². The van der Waals surface area contributed by atoms with Gasteiger partial charge >= 0.3 is 12.2 Å². The molecule has 0 saturated carbocycles. The Morgan fingerprint density at radius 1 is 0.484 bits per heavy atom. The number of rotatable bonds is 44. The van der Waals surface area contributed by atoms with Crippen molar-refractivity contribution in [2.75, 3.05) is 46.6 Å². The van der Waals surface area contributed by atoms with Gasteiger partial charge in [-0.05, 0) is 53.4 Å². The molecule has 2 atom stereocenters. The first-order chi connectivity index (χ1) is 30.0. The van der Waals surface area contributed by atoms with Crippen LogP contribution in [0.3, 0.4) is 0 Å². The Bertz CT molecular complexity index is 978. The molecule has 2 amide bonds. The third kappa shape index (κ3) is 34.9. The van der Waals surface area contributed by atoms with E-state index in [1.807, 2.05) is 27.7 Å². The van der Waals surface area contributed by atoms with Crippen LogP contribution in [0.25, 0.3) is 0 Å². The van der Waals surface area contributed by atoms with Gasteiger partial charge in [0.2, 0.25) is 0 Å². The zero-order chi connectivity index (χ0) is 45.4. The second-order valence-electron chi connectivity index (χ2n) is 20.0. The summed E-state index contributed by atoms with van der Waals surface area (Å²) in [5.41, 5.74) is -0.691. The molecule has 9 nitrogen and oxygen atoms in total. The third-order valence-electron chi connectivity index (χ3n) is 13.1. The number of methoxy groups -OCH3 is 1. The molecule has 0 bridgehead atoms. The first-order valence-electron chi connectivity index (χ1n) is 26.7. The van der Waals surface area contributed by atoms with Crippen molar-refractivity contribution in [2.24, 2.45) is 0 Å². The molecular weight excluding hydrogens is 777 g/mol. The van der Waals surface area contributed by atoms with E-state index in [4.69, 9.17) is 23.7 Å². The van der Waals surface area contributed by atoms with E-state index in [1.54, 1.807) is 12.0 Å². The first kappa shape index (κ1) is 58.6. The predicted octanol–water partition coefficient (Wildman–Crippen LogP) is 15.4. The van der Waals surface area contributed by atoms with Gasteiger partial charge in [-0.25, -0.2) is 9.59 Å². The highest BCUT2D eigenvalue weighted by Crippen LogP contribution is 2.22. The number of hydrogen-bond acceptors (Lipinski definition) is 7. The highest BCUT2D eigenvalue weighted by atomic mass is 16.6. The van der Waals surface area contributed by atoms with Crippen LogP contribution in [0, 0.1) is 0 Å². The predicted molar refractivity (Wildman–Crippen MR) is 260 cm³/mol. The Morgan fingerprint density at radius 3 is 1.16 bits per heavy atom. The van der Waals surface area contributed by atoms with Crippen molar-refractivity contribution in [3.63, 3.8) is 0 Å². The molecule has 1 rings (SSSR count). The minimum Gasteiger partial charge on any atom is -0.379 e. The van der Waals surface area contributed by atoms with E-state index in [-0.39, 0.29) is 17.8 Å². The Balaban J connectivity index is 2.36. The van der Waals surface area contributed by atoms with Crippen LogP contribution in [0.5, 0.6) is 0 Å². The van der Waals surface area contributed by atoms with Crippen molar-refractivity contribution < 1.29 is 33.3 Å². The van der Waals surface area contributed by atoms with Gasteiger partial charge in [0, 0.05) is 26.9 Å². The zero-order valence-corrected chi connectivity index (χ0v) is 42.2. The maximum atomic E-state index is 13.1. The van der Waals surface area contributed by atoms with E-state index >= 15 is 0 Å². The highest BCUT2D eigenvalue weighted by molar-refractivity contribution is 5.83. The van der Waals surface area contributed by atoms with E-state index in [1.165, 1.54) is 180 Å².